The minimum absolute atomic E-state index is 0. The van der Waals surface area contributed by atoms with Crippen molar-refractivity contribution in [2.24, 2.45) is 5.92 Å². The summed E-state index contributed by atoms with van der Waals surface area (Å²) in [6.45, 7) is 8.06. The predicted molar refractivity (Wildman–Crippen MR) is 127 cm³/mol. The van der Waals surface area contributed by atoms with Gasteiger partial charge in [-0.25, -0.2) is 0 Å². The van der Waals surface area contributed by atoms with Crippen LogP contribution in [-0.4, -0.2) is 37.0 Å². The van der Waals surface area contributed by atoms with Crippen molar-refractivity contribution in [3.05, 3.63) is 70.8 Å². The second kappa shape index (κ2) is 10.8. The Morgan fingerprint density at radius 2 is 1.74 bits per heavy atom. The zero-order valence-corrected chi connectivity index (χ0v) is 19.2. The van der Waals surface area contributed by atoms with E-state index in [4.69, 9.17) is 9.47 Å². The number of rotatable bonds is 8. The molecule has 5 heteroatoms. The van der Waals surface area contributed by atoms with Crippen LogP contribution in [-0.2, 0) is 13.0 Å². The summed E-state index contributed by atoms with van der Waals surface area (Å²) in [6, 6.07) is 14.5. The summed E-state index contributed by atoms with van der Waals surface area (Å²) in [6.07, 6.45) is 5.04. The molecular formula is C26H32ClNO3. The largest absolute Gasteiger partial charge is 0.490 e. The number of hydrogen-bond donors (Lipinski definition) is 0. The van der Waals surface area contributed by atoms with E-state index >= 15 is 0 Å². The zero-order chi connectivity index (χ0) is 20.9. The molecule has 0 saturated heterocycles. The number of ketones is 1. The number of fused-ring (bicyclic) bond motifs is 1. The summed E-state index contributed by atoms with van der Waals surface area (Å²) in [5.74, 6) is 1.72. The molecule has 4 rings (SSSR count). The first-order chi connectivity index (χ1) is 14.7. The van der Waals surface area contributed by atoms with Crippen LogP contribution in [0.3, 0.4) is 0 Å². The van der Waals surface area contributed by atoms with Crippen LogP contribution in [0, 0.1) is 5.92 Å². The monoisotopic (exact) mass is 441 g/mol. The molecule has 0 bridgehead atoms. The predicted octanol–water partition coefficient (Wildman–Crippen LogP) is 5.48. The van der Waals surface area contributed by atoms with E-state index in [0.717, 1.165) is 55.8 Å². The van der Waals surface area contributed by atoms with Crippen molar-refractivity contribution in [3.8, 4) is 11.5 Å². The summed E-state index contributed by atoms with van der Waals surface area (Å²) in [4.78, 5) is 15.5. The lowest BCUT2D eigenvalue weighted by Gasteiger charge is -2.27. The van der Waals surface area contributed by atoms with Crippen molar-refractivity contribution in [2.75, 3.05) is 26.3 Å². The van der Waals surface area contributed by atoms with Crippen LogP contribution in [0.4, 0.5) is 0 Å². The molecule has 0 saturated carbocycles. The Morgan fingerprint density at radius 3 is 2.39 bits per heavy atom. The molecule has 2 aromatic rings. The summed E-state index contributed by atoms with van der Waals surface area (Å²) >= 11 is 0. The third kappa shape index (κ3) is 5.50. The van der Waals surface area contributed by atoms with Crippen molar-refractivity contribution in [1.82, 2.24) is 4.90 Å². The Bertz CT molecular complexity index is 926. The van der Waals surface area contributed by atoms with Gasteiger partial charge in [0.05, 0.1) is 13.2 Å². The molecule has 1 atom stereocenters. The highest BCUT2D eigenvalue weighted by molar-refractivity contribution is 6.03. The van der Waals surface area contributed by atoms with Gasteiger partial charge >= 0.3 is 0 Å². The lowest BCUT2D eigenvalue weighted by atomic mass is 9.92. The van der Waals surface area contributed by atoms with Crippen molar-refractivity contribution >= 4 is 18.2 Å². The number of benzene rings is 2. The maximum atomic E-state index is 13.1. The van der Waals surface area contributed by atoms with Gasteiger partial charge in [-0.2, -0.15) is 0 Å². The number of carbonyl (C=O) groups excluding carboxylic acids is 1. The van der Waals surface area contributed by atoms with Gasteiger partial charge in [-0.1, -0.05) is 42.0 Å². The topological polar surface area (TPSA) is 38.8 Å². The first-order valence-electron chi connectivity index (χ1n) is 11.1. The standard InChI is InChI=1S/C26H31NO3.ClH/c1-3-29-24-16-21-15-22(26(28)23(21)17-25(24)30-4-2)14-19-10-12-27(13-11-19)18-20-8-6-5-7-9-20;/h5-10,16-17,22H,3-4,11-15,18H2,1-2H3;1H. The third-order valence-electron chi connectivity index (χ3n) is 6.02. The van der Waals surface area contributed by atoms with Gasteiger partial charge < -0.3 is 9.47 Å². The molecule has 0 fully saturated rings. The SMILES string of the molecule is CCOc1cc2c(cc1OCC)C(=O)C(CC1=CCN(Cc3ccccc3)CC1)C2.Cl. The third-order valence-corrected chi connectivity index (χ3v) is 6.02. The van der Waals surface area contributed by atoms with Gasteiger partial charge in [-0.3, -0.25) is 9.69 Å². The van der Waals surface area contributed by atoms with E-state index in [-0.39, 0.29) is 24.1 Å². The summed E-state index contributed by atoms with van der Waals surface area (Å²) < 4.78 is 11.5. The van der Waals surface area contributed by atoms with E-state index in [1.165, 1.54) is 11.1 Å². The number of halogens is 1. The molecule has 1 aliphatic carbocycles. The van der Waals surface area contributed by atoms with Gasteiger partial charge in [0.1, 0.15) is 0 Å². The molecule has 1 aliphatic heterocycles. The lowest BCUT2D eigenvalue weighted by Crippen LogP contribution is -2.29. The van der Waals surface area contributed by atoms with Gasteiger partial charge in [0.15, 0.2) is 17.3 Å². The second-order valence-electron chi connectivity index (χ2n) is 8.12. The number of nitrogens with zero attached hydrogens (tertiary/aromatic N) is 1. The van der Waals surface area contributed by atoms with E-state index in [0.29, 0.717) is 19.0 Å². The minimum Gasteiger partial charge on any atom is -0.490 e. The number of carbonyl (C=O) groups is 1. The van der Waals surface area contributed by atoms with E-state index in [9.17, 15) is 4.79 Å². The average molecular weight is 442 g/mol. The van der Waals surface area contributed by atoms with Gasteiger partial charge in [0, 0.05) is 31.1 Å². The van der Waals surface area contributed by atoms with Crippen molar-refractivity contribution in [3.63, 3.8) is 0 Å². The first kappa shape index (κ1) is 23.4. The quantitative estimate of drug-likeness (QED) is 0.508. The minimum atomic E-state index is 0. The Labute approximate surface area is 191 Å². The zero-order valence-electron chi connectivity index (χ0n) is 18.4. The van der Waals surface area contributed by atoms with Crippen molar-refractivity contribution in [2.45, 2.75) is 39.7 Å². The molecule has 2 aliphatic rings. The smallest absolute Gasteiger partial charge is 0.167 e. The molecule has 0 N–H and O–H groups in total. The number of ether oxygens (including phenoxy) is 2. The highest BCUT2D eigenvalue weighted by atomic mass is 35.5. The first-order valence-corrected chi connectivity index (χ1v) is 11.1. The molecule has 31 heavy (non-hydrogen) atoms. The van der Waals surface area contributed by atoms with E-state index in [1.807, 2.05) is 26.0 Å². The highest BCUT2D eigenvalue weighted by Crippen LogP contribution is 2.39. The van der Waals surface area contributed by atoms with Crippen LogP contribution in [0.2, 0.25) is 0 Å². The highest BCUT2D eigenvalue weighted by Gasteiger charge is 2.33. The maximum absolute atomic E-state index is 13.1. The molecule has 0 spiro atoms. The molecule has 1 unspecified atom stereocenters. The van der Waals surface area contributed by atoms with Gasteiger partial charge in [-0.15, -0.1) is 12.4 Å². The summed E-state index contributed by atoms with van der Waals surface area (Å²) in [5.41, 5.74) is 4.68. The van der Waals surface area contributed by atoms with Gasteiger partial charge in [0.25, 0.3) is 0 Å². The summed E-state index contributed by atoms with van der Waals surface area (Å²) in [5, 5.41) is 0. The maximum Gasteiger partial charge on any atom is 0.167 e. The molecule has 0 aromatic heterocycles. The summed E-state index contributed by atoms with van der Waals surface area (Å²) in [7, 11) is 0. The van der Waals surface area contributed by atoms with E-state index in [1.54, 1.807) is 0 Å². The van der Waals surface area contributed by atoms with E-state index in [2.05, 4.69) is 41.3 Å². The Morgan fingerprint density at radius 1 is 1.03 bits per heavy atom. The molecule has 0 radical (unpaired) electrons. The van der Waals surface area contributed by atoms with Crippen LogP contribution >= 0.6 is 12.4 Å². The molecule has 4 nitrogen and oxygen atoms in total. The Kier molecular flexibility index (Phi) is 8.16. The van der Waals surface area contributed by atoms with Gasteiger partial charge in [-0.05, 0) is 56.4 Å². The molecule has 1 heterocycles. The number of Topliss-reactive ketones (excluding diaryl/α,β-unsaturated/α-hetero) is 1. The fraction of sp³-hybridized carbons (Fsp3) is 0.423. The van der Waals surface area contributed by atoms with Crippen molar-refractivity contribution in [1.29, 1.82) is 0 Å². The normalized spacial score (nSPS) is 18.2. The van der Waals surface area contributed by atoms with Crippen LogP contribution in [0.5, 0.6) is 11.5 Å². The molecule has 0 amide bonds. The van der Waals surface area contributed by atoms with E-state index < -0.39 is 0 Å². The number of hydrogen-bond acceptors (Lipinski definition) is 4. The fourth-order valence-corrected chi connectivity index (χ4v) is 4.52. The Balaban J connectivity index is 0.00000272. The van der Waals surface area contributed by atoms with Gasteiger partial charge in [0.2, 0.25) is 0 Å². The Hall–Kier alpha value is -2.30. The molecular weight excluding hydrogens is 410 g/mol. The van der Waals surface area contributed by atoms with Crippen LogP contribution < -0.4 is 9.47 Å². The molecule has 2 aromatic carbocycles. The van der Waals surface area contributed by atoms with Crippen LogP contribution in [0.1, 0.15) is 48.2 Å². The van der Waals surface area contributed by atoms with Crippen LogP contribution in [0.25, 0.3) is 0 Å². The fourth-order valence-electron chi connectivity index (χ4n) is 4.52. The van der Waals surface area contributed by atoms with Crippen molar-refractivity contribution < 1.29 is 14.3 Å². The van der Waals surface area contributed by atoms with Crippen LogP contribution in [0.15, 0.2) is 54.1 Å². The average Bonchev–Trinajstić information content (AvgIpc) is 3.05. The molecule has 166 valence electrons. The lowest BCUT2D eigenvalue weighted by molar-refractivity contribution is 0.0934. The second-order valence-corrected chi connectivity index (χ2v) is 8.12.